The van der Waals surface area contributed by atoms with E-state index in [-0.39, 0.29) is 5.41 Å². The summed E-state index contributed by atoms with van der Waals surface area (Å²) in [5.41, 5.74) is 14.3. The summed E-state index contributed by atoms with van der Waals surface area (Å²) in [6.45, 7) is 10.6. The second-order valence-corrected chi connectivity index (χ2v) is 15.7. The molecule has 0 radical (unpaired) electrons. The van der Waals surface area contributed by atoms with Crippen molar-refractivity contribution in [1.82, 2.24) is 19.9 Å². The Morgan fingerprint density at radius 3 is 1.34 bits per heavy atom. The Kier molecular flexibility index (Phi) is 11.3. The van der Waals surface area contributed by atoms with Gasteiger partial charge in [0.25, 0.3) is 0 Å². The van der Waals surface area contributed by atoms with Crippen molar-refractivity contribution in [3.8, 4) is 67.8 Å². The van der Waals surface area contributed by atoms with E-state index >= 15 is 0 Å². The minimum absolute atomic E-state index is 0.184. The van der Waals surface area contributed by atoms with Gasteiger partial charge in [-0.3, -0.25) is 0 Å². The molecule has 9 aromatic rings. The lowest BCUT2D eigenvalue weighted by molar-refractivity contribution is 0.478. The van der Waals surface area contributed by atoms with Crippen molar-refractivity contribution in [1.29, 1.82) is 0 Å². The van der Waals surface area contributed by atoms with Gasteiger partial charge in [-0.25, -0.2) is 19.9 Å². The number of rotatable bonds is 12. The Morgan fingerprint density at radius 1 is 0.419 bits per heavy atom. The molecule has 7 aromatic carbocycles. The molecule has 0 unspecified atom stereocenters. The Bertz CT molecular complexity index is 3040. The van der Waals surface area contributed by atoms with Gasteiger partial charge in [-0.15, -0.1) is 0 Å². The molecular formula is C58H48N4. The molecule has 0 aliphatic rings. The van der Waals surface area contributed by atoms with Crippen molar-refractivity contribution in [2.75, 3.05) is 0 Å². The molecule has 0 fully saturated rings. The largest absolute Gasteiger partial charge is 0.228 e. The van der Waals surface area contributed by atoms with E-state index in [1.807, 2.05) is 49.4 Å². The van der Waals surface area contributed by atoms with Gasteiger partial charge in [-0.1, -0.05) is 196 Å². The molecule has 0 saturated carbocycles. The summed E-state index contributed by atoms with van der Waals surface area (Å²) in [6.07, 6.45) is 7.96. The minimum Gasteiger partial charge on any atom is -0.228 e. The van der Waals surface area contributed by atoms with Gasteiger partial charge in [0.05, 0.1) is 22.8 Å². The fourth-order valence-electron chi connectivity index (χ4n) is 8.66. The zero-order chi connectivity index (χ0) is 42.5. The molecule has 300 valence electrons. The monoisotopic (exact) mass is 800 g/mol. The van der Waals surface area contributed by atoms with E-state index in [2.05, 4.69) is 178 Å². The third-order valence-electron chi connectivity index (χ3n) is 12.2. The number of fused-ring (bicyclic) bond motifs is 1. The predicted octanol–water partition coefficient (Wildman–Crippen LogP) is 15.2. The van der Waals surface area contributed by atoms with E-state index in [0.717, 1.165) is 80.1 Å². The predicted molar refractivity (Wildman–Crippen MR) is 260 cm³/mol. The van der Waals surface area contributed by atoms with Crippen LogP contribution in [-0.2, 0) is 5.41 Å². The van der Waals surface area contributed by atoms with Crippen LogP contribution in [0.4, 0.5) is 0 Å². The van der Waals surface area contributed by atoms with Crippen molar-refractivity contribution >= 4 is 22.9 Å². The highest BCUT2D eigenvalue weighted by atomic mass is 14.9. The van der Waals surface area contributed by atoms with Crippen LogP contribution in [0, 0.1) is 0 Å². The van der Waals surface area contributed by atoms with Crippen molar-refractivity contribution in [2.45, 2.75) is 39.0 Å². The second kappa shape index (κ2) is 17.6. The van der Waals surface area contributed by atoms with E-state index in [4.69, 9.17) is 19.9 Å². The summed E-state index contributed by atoms with van der Waals surface area (Å²) in [6, 6.07) is 64.1. The molecular weight excluding hydrogens is 753 g/mol. The van der Waals surface area contributed by atoms with Crippen molar-refractivity contribution < 1.29 is 0 Å². The molecule has 0 aliphatic heterocycles. The quantitative estimate of drug-likeness (QED) is 0.123. The number of hydrogen-bond donors (Lipinski definition) is 0. The molecule has 0 saturated heterocycles. The fraction of sp³-hybridized carbons (Fsp3) is 0.103. The standard InChI is InChI=1S/C58H48N4/c1-5-17-46-36-48(26-24-40(46)6-2)54-38-52(59-56(61-54)44-19-11-9-12-20-44)42-28-32-50(33-29-42)58(7-3,8-4)51-34-30-43(31-35-51)53-39-55(62-57(60-53)45-21-13-10-14-22-45)49-27-25-41-18-15-16-23-47(41)37-49/h5-6,9-39H,2,7-8H2,1,3-4H3/b17-5-. The Morgan fingerprint density at radius 2 is 0.855 bits per heavy atom. The first-order valence-electron chi connectivity index (χ1n) is 21.5. The van der Waals surface area contributed by atoms with E-state index < -0.39 is 0 Å². The molecule has 2 heterocycles. The van der Waals surface area contributed by atoms with Crippen LogP contribution >= 0.6 is 0 Å². The van der Waals surface area contributed by atoms with Crippen molar-refractivity contribution in [3.63, 3.8) is 0 Å². The van der Waals surface area contributed by atoms with Crippen LogP contribution in [-0.4, -0.2) is 19.9 Å². The molecule has 0 bridgehead atoms. The highest BCUT2D eigenvalue weighted by Crippen LogP contribution is 2.41. The maximum atomic E-state index is 5.13. The third-order valence-corrected chi connectivity index (χ3v) is 12.2. The summed E-state index contributed by atoms with van der Waals surface area (Å²) in [7, 11) is 0. The van der Waals surface area contributed by atoms with Gasteiger partial charge in [0.15, 0.2) is 11.6 Å². The number of nitrogens with zero attached hydrogens (tertiary/aromatic N) is 4. The topological polar surface area (TPSA) is 51.6 Å². The van der Waals surface area contributed by atoms with Gasteiger partial charge in [0.1, 0.15) is 0 Å². The van der Waals surface area contributed by atoms with Gasteiger partial charge in [-0.05, 0) is 77.1 Å². The fourth-order valence-corrected chi connectivity index (χ4v) is 8.66. The maximum Gasteiger partial charge on any atom is 0.160 e. The Balaban J connectivity index is 1.07. The number of benzene rings is 7. The lowest BCUT2D eigenvalue weighted by Gasteiger charge is -2.33. The van der Waals surface area contributed by atoms with E-state index in [1.165, 1.54) is 21.9 Å². The van der Waals surface area contributed by atoms with Crippen LogP contribution in [0.5, 0.6) is 0 Å². The van der Waals surface area contributed by atoms with Gasteiger partial charge >= 0.3 is 0 Å². The minimum atomic E-state index is -0.184. The van der Waals surface area contributed by atoms with Gasteiger partial charge in [-0.2, -0.15) is 0 Å². The van der Waals surface area contributed by atoms with Gasteiger partial charge in [0.2, 0.25) is 0 Å². The summed E-state index contributed by atoms with van der Waals surface area (Å²) in [5.74, 6) is 1.41. The van der Waals surface area contributed by atoms with E-state index in [9.17, 15) is 0 Å². The molecule has 0 aliphatic carbocycles. The molecule has 0 amide bonds. The molecule has 0 atom stereocenters. The van der Waals surface area contributed by atoms with Crippen molar-refractivity contribution in [3.05, 3.63) is 217 Å². The Labute approximate surface area is 365 Å². The van der Waals surface area contributed by atoms with Gasteiger partial charge < -0.3 is 0 Å². The molecule has 4 heteroatoms. The summed E-state index contributed by atoms with van der Waals surface area (Å²) in [5, 5.41) is 2.39. The zero-order valence-electron chi connectivity index (χ0n) is 35.5. The highest BCUT2D eigenvalue weighted by molar-refractivity contribution is 5.87. The SMILES string of the molecule is C=Cc1ccc(-c2cc(-c3ccc(C(CC)(CC)c4ccc(-c5cc(-c6ccc7ccccc7c6)nc(-c6ccccc6)n5)cc4)cc3)nc(-c3ccccc3)n2)cc1/C=C\C. The molecule has 2 aromatic heterocycles. The lowest BCUT2D eigenvalue weighted by Crippen LogP contribution is -2.26. The average Bonchev–Trinajstić information content (AvgIpc) is 3.35. The van der Waals surface area contributed by atoms with Crippen LogP contribution in [0.2, 0.25) is 0 Å². The van der Waals surface area contributed by atoms with Crippen LogP contribution in [0.1, 0.15) is 55.9 Å². The number of allylic oxidation sites excluding steroid dienone is 1. The van der Waals surface area contributed by atoms with Crippen LogP contribution < -0.4 is 0 Å². The van der Waals surface area contributed by atoms with E-state index in [1.54, 1.807) is 0 Å². The van der Waals surface area contributed by atoms with Crippen LogP contribution in [0.25, 0.3) is 90.7 Å². The smallest absolute Gasteiger partial charge is 0.160 e. The average molecular weight is 801 g/mol. The second-order valence-electron chi connectivity index (χ2n) is 15.7. The third kappa shape index (κ3) is 7.91. The first-order chi connectivity index (χ1) is 30.5. The van der Waals surface area contributed by atoms with Gasteiger partial charge in [0, 0.05) is 38.8 Å². The highest BCUT2D eigenvalue weighted by Gasteiger charge is 2.31. The normalized spacial score (nSPS) is 11.6. The lowest BCUT2D eigenvalue weighted by atomic mass is 9.70. The first-order valence-corrected chi connectivity index (χ1v) is 21.5. The summed E-state index contributed by atoms with van der Waals surface area (Å²) >= 11 is 0. The zero-order valence-corrected chi connectivity index (χ0v) is 35.5. The molecule has 62 heavy (non-hydrogen) atoms. The number of aromatic nitrogens is 4. The molecule has 4 nitrogen and oxygen atoms in total. The summed E-state index contributed by atoms with van der Waals surface area (Å²) in [4.78, 5) is 20.4. The summed E-state index contributed by atoms with van der Waals surface area (Å²) < 4.78 is 0. The molecule has 0 spiro atoms. The van der Waals surface area contributed by atoms with Crippen molar-refractivity contribution in [2.24, 2.45) is 0 Å². The van der Waals surface area contributed by atoms with E-state index in [0.29, 0.717) is 11.6 Å². The van der Waals surface area contributed by atoms with Crippen LogP contribution in [0.3, 0.4) is 0 Å². The Hall–Kier alpha value is -7.56. The maximum absolute atomic E-state index is 5.13. The molecule has 9 rings (SSSR count). The first kappa shape index (κ1) is 39.9. The molecule has 0 N–H and O–H groups in total. The number of hydrogen-bond acceptors (Lipinski definition) is 4. The van der Waals surface area contributed by atoms with Crippen LogP contribution in [0.15, 0.2) is 195 Å².